The van der Waals surface area contributed by atoms with Crippen LogP contribution in [0.1, 0.15) is 72.9 Å². The van der Waals surface area contributed by atoms with E-state index in [1.54, 1.807) is 43.3 Å². The topological polar surface area (TPSA) is 276 Å². The van der Waals surface area contributed by atoms with Crippen LogP contribution in [0.15, 0.2) is 66.9 Å². The molecule has 0 saturated heterocycles. The van der Waals surface area contributed by atoms with Crippen LogP contribution in [0.25, 0.3) is 22.5 Å². The van der Waals surface area contributed by atoms with Crippen molar-refractivity contribution in [1.82, 2.24) is 36.1 Å². The third-order valence-electron chi connectivity index (χ3n) is 10.9. The Bertz CT molecular complexity index is 2390. The largest absolute Gasteiger partial charge is 0.492 e. The Balaban J connectivity index is 0.00000595. The zero-order chi connectivity index (χ0) is 47.4. The molecular formula is C47H64Cl4N10O8. The number of carbonyl (C=O) groups excluding carboxylic acids is 6. The maximum atomic E-state index is 14.6. The molecule has 4 atom stereocenters. The number of ether oxygens (including phenoxy) is 2. The number of aromatic nitrogens is 2. The second-order valence-electron chi connectivity index (χ2n) is 16.7. The number of hydrogen-bond donors (Lipinski definition) is 7. The van der Waals surface area contributed by atoms with E-state index in [0.717, 1.165) is 11.1 Å². The van der Waals surface area contributed by atoms with Gasteiger partial charge in [-0.15, -0.1) is 49.6 Å². The van der Waals surface area contributed by atoms with E-state index >= 15 is 0 Å². The molecule has 0 fully saturated rings. The third-order valence-corrected chi connectivity index (χ3v) is 10.9. The summed E-state index contributed by atoms with van der Waals surface area (Å²) in [4.78, 5) is 91.5. The Labute approximate surface area is 427 Å². The molecule has 5 rings (SSSR count). The van der Waals surface area contributed by atoms with Crippen molar-refractivity contribution in [3.63, 3.8) is 0 Å². The van der Waals surface area contributed by atoms with Crippen molar-refractivity contribution in [3.8, 4) is 34.0 Å². The van der Waals surface area contributed by atoms with Crippen LogP contribution in [0, 0.1) is 6.92 Å². The summed E-state index contributed by atoms with van der Waals surface area (Å²) in [5, 5.41) is 10.7. The van der Waals surface area contributed by atoms with E-state index in [9.17, 15) is 28.8 Å². The quantitative estimate of drug-likeness (QED) is 0.0795. The van der Waals surface area contributed by atoms with E-state index in [4.69, 9.17) is 26.7 Å². The molecule has 22 heteroatoms. The van der Waals surface area contributed by atoms with E-state index < -0.39 is 53.7 Å². The van der Waals surface area contributed by atoms with Gasteiger partial charge in [0.1, 0.15) is 55.2 Å². The first kappa shape index (κ1) is 61.4. The molecule has 0 unspecified atom stereocenters. The molecule has 10 N–H and O–H groups in total. The first-order chi connectivity index (χ1) is 31.0. The predicted octanol–water partition coefficient (Wildman–Crippen LogP) is 3.29. The Hall–Kier alpha value is -5.60. The van der Waals surface area contributed by atoms with Crippen molar-refractivity contribution in [1.29, 1.82) is 0 Å². The lowest BCUT2D eigenvalue weighted by molar-refractivity contribution is -0.141. The molecule has 378 valence electrons. The smallest absolute Gasteiger partial charge is 0.255 e. The summed E-state index contributed by atoms with van der Waals surface area (Å²) < 4.78 is 12.2. The highest BCUT2D eigenvalue weighted by molar-refractivity contribution is 6.00. The molecule has 3 aromatic carbocycles. The van der Waals surface area contributed by atoms with Gasteiger partial charge in [-0.1, -0.05) is 57.2 Å². The summed E-state index contributed by atoms with van der Waals surface area (Å²) >= 11 is 0. The number of fused-ring (bicyclic) bond motifs is 5. The van der Waals surface area contributed by atoms with E-state index in [1.165, 1.54) is 25.1 Å². The number of carbonyl (C=O) groups is 6. The maximum Gasteiger partial charge on any atom is 0.255 e. The second kappa shape index (κ2) is 28.2. The van der Waals surface area contributed by atoms with Crippen LogP contribution in [0.5, 0.6) is 11.5 Å². The molecule has 18 nitrogen and oxygen atoms in total. The zero-order valence-electron chi connectivity index (χ0n) is 39.4. The fourth-order valence-corrected chi connectivity index (χ4v) is 7.33. The van der Waals surface area contributed by atoms with Crippen molar-refractivity contribution >= 4 is 85.5 Å². The first-order valence-electron chi connectivity index (χ1n) is 21.5. The molecule has 69 heavy (non-hydrogen) atoms. The minimum Gasteiger partial charge on any atom is -0.492 e. The monoisotopic (exact) mass is 1040 g/mol. The molecule has 1 aliphatic rings. The van der Waals surface area contributed by atoms with Crippen LogP contribution < -0.4 is 47.9 Å². The predicted molar refractivity (Wildman–Crippen MR) is 274 cm³/mol. The molecule has 1 aliphatic heterocycles. The lowest BCUT2D eigenvalue weighted by atomic mass is 9.87. The fraction of sp³-hybridized carbons (Fsp3) is 0.404. The number of aldehydes is 1. The summed E-state index contributed by atoms with van der Waals surface area (Å²) in [7, 11) is 1.41. The van der Waals surface area contributed by atoms with Crippen LogP contribution in [0.2, 0.25) is 0 Å². The van der Waals surface area contributed by atoms with Gasteiger partial charge in [0.25, 0.3) is 5.91 Å². The van der Waals surface area contributed by atoms with Gasteiger partial charge < -0.3 is 57.6 Å². The fourth-order valence-electron chi connectivity index (χ4n) is 7.33. The van der Waals surface area contributed by atoms with Crippen molar-refractivity contribution in [3.05, 3.63) is 94.8 Å². The van der Waals surface area contributed by atoms with Gasteiger partial charge in [-0.25, -0.2) is 9.97 Å². The van der Waals surface area contributed by atoms with Crippen LogP contribution in [0.3, 0.4) is 0 Å². The highest BCUT2D eigenvalue weighted by Gasteiger charge is 2.36. The summed E-state index contributed by atoms with van der Waals surface area (Å²) in [5.41, 5.74) is 21.9. The average molecular weight is 1040 g/mol. The number of nitrogens with two attached hydrogens (primary N) is 3. The summed E-state index contributed by atoms with van der Waals surface area (Å²) in [6.07, 6.45) is 1.92. The van der Waals surface area contributed by atoms with Crippen LogP contribution in [-0.2, 0) is 35.8 Å². The van der Waals surface area contributed by atoms with Gasteiger partial charge in [0.15, 0.2) is 5.82 Å². The molecule has 4 aromatic rings. The molecule has 4 bridgehead atoms. The van der Waals surface area contributed by atoms with E-state index in [2.05, 4.69) is 52.0 Å². The minimum absolute atomic E-state index is 0. The lowest BCUT2D eigenvalue weighted by Crippen LogP contribution is -2.56. The van der Waals surface area contributed by atoms with Gasteiger partial charge in [0.2, 0.25) is 23.6 Å². The Morgan fingerprint density at radius 1 is 0.870 bits per heavy atom. The van der Waals surface area contributed by atoms with Crippen LogP contribution >= 0.6 is 49.6 Å². The van der Waals surface area contributed by atoms with E-state index in [1.807, 2.05) is 24.3 Å². The van der Waals surface area contributed by atoms with E-state index in [-0.39, 0.29) is 113 Å². The Kier molecular flexibility index (Phi) is 25.1. The number of nitrogens with one attached hydrogen (secondary N) is 4. The number of aryl methyl sites for hydroxylation is 1. The van der Waals surface area contributed by atoms with Gasteiger partial charge in [-0.3, -0.25) is 24.0 Å². The first-order valence-corrected chi connectivity index (χ1v) is 21.5. The highest BCUT2D eigenvalue weighted by atomic mass is 35.5. The number of amides is 5. The molecule has 2 heterocycles. The summed E-state index contributed by atoms with van der Waals surface area (Å²) in [5.74, 6) is -2.20. The molecule has 5 amide bonds. The number of rotatable bonds is 16. The summed E-state index contributed by atoms with van der Waals surface area (Å²) in [6.45, 7) is 9.84. The number of halogens is 4. The number of benzene rings is 3. The normalized spacial score (nSPS) is 15.8. The van der Waals surface area contributed by atoms with Crippen molar-refractivity contribution in [2.24, 2.45) is 17.2 Å². The Morgan fingerprint density at radius 3 is 2.04 bits per heavy atom. The highest BCUT2D eigenvalue weighted by Crippen LogP contribution is 2.40. The van der Waals surface area contributed by atoms with Crippen molar-refractivity contribution in [2.45, 2.75) is 77.0 Å². The van der Waals surface area contributed by atoms with Gasteiger partial charge >= 0.3 is 0 Å². The minimum atomic E-state index is -1.41. The average Bonchev–Trinajstić information content (AvgIpc) is 3.28. The molecular weight excluding hydrogens is 974 g/mol. The zero-order valence-corrected chi connectivity index (χ0v) is 42.6. The van der Waals surface area contributed by atoms with Gasteiger partial charge in [-0.05, 0) is 73.2 Å². The molecule has 0 radical (unpaired) electrons. The van der Waals surface area contributed by atoms with Crippen LogP contribution in [-0.4, -0.2) is 115 Å². The number of hydrogen-bond acceptors (Lipinski definition) is 13. The molecule has 1 aromatic heterocycles. The Morgan fingerprint density at radius 2 is 1.48 bits per heavy atom. The molecule has 0 saturated carbocycles. The van der Waals surface area contributed by atoms with Crippen LogP contribution in [0.4, 0.5) is 0 Å². The molecule has 0 spiro atoms. The third kappa shape index (κ3) is 15.7. The second-order valence-corrected chi connectivity index (χ2v) is 16.7. The standard InChI is InChI=1S/C47H60N10O8.4ClH/c1-27-35(26-52-41(53-27)30-8-11-32(12-9-30)47(3,4)5)43(60)55-36(15-16-48)46(63)57(6)40-31-10-14-39(65-22-18-50)34(25-31)33-23-29(7-13-38(33)64-21-17-49)24-37(44(61)51-19-20-58)56-42(59)28(2)54-45(40)62;;;;/h7-14,20,23,25-26,28,36-37,40H,15-19,21-22,24,48-50H2,1-6H3,(H,51,61)(H,54,62)(H,55,60)(H,56,59);4*1H/t28-,36-,37-,40-;;;;/m0..../s1. The lowest BCUT2D eigenvalue weighted by Gasteiger charge is -2.32. The van der Waals surface area contributed by atoms with E-state index in [0.29, 0.717) is 51.6 Å². The number of likely N-dealkylation sites (N-methyl/N-ethyl adjacent to an activating group) is 1. The van der Waals surface area contributed by atoms with Gasteiger partial charge in [0, 0.05) is 49.4 Å². The van der Waals surface area contributed by atoms with Crippen molar-refractivity contribution < 1.29 is 38.2 Å². The summed E-state index contributed by atoms with van der Waals surface area (Å²) in [6, 6.07) is 13.0. The molecule has 0 aliphatic carbocycles. The number of nitrogens with zero attached hydrogens (tertiary/aromatic N) is 3. The van der Waals surface area contributed by atoms with Gasteiger partial charge in [0.05, 0.1) is 17.8 Å². The van der Waals surface area contributed by atoms with Crippen molar-refractivity contribution in [2.75, 3.05) is 46.4 Å². The SMILES string of the molecule is Cc1nc(-c2ccc(C(C)(C)C)cc2)ncc1C(=O)N[C@@H](CCN)C(=O)N(C)[C@@H]1C(=O)N[C@@H](C)C(=O)N[C@H](C(=O)NCC=O)Cc2ccc(OCCN)c(c2)-c2cc1ccc2OCCN.Cl.Cl.Cl.Cl. The maximum absolute atomic E-state index is 14.6. The van der Waals surface area contributed by atoms with Gasteiger partial charge in [-0.2, -0.15) is 0 Å².